The van der Waals surface area contributed by atoms with Gasteiger partial charge in [0.15, 0.2) is 5.78 Å². The Kier molecular flexibility index (Phi) is 8.23. The van der Waals surface area contributed by atoms with Gasteiger partial charge in [0.1, 0.15) is 18.2 Å². The molecule has 1 N–H and O–H groups in total. The lowest BCUT2D eigenvalue weighted by Crippen LogP contribution is -2.26. The maximum absolute atomic E-state index is 14.1. The van der Waals surface area contributed by atoms with Crippen LogP contribution in [0.1, 0.15) is 51.9 Å². The number of hydrogen-bond donors (Lipinski definition) is 1. The number of fused-ring (bicyclic) bond motifs is 1. The number of esters is 1. The molecule has 1 aromatic heterocycles. The van der Waals surface area contributed by atoms with Crippen molar-refractivity contribution in [2.24, 2.45) is 0 Å². The lowest BCUT2D eigenvalue weighted by atomic mass is 10.1. The van der Waals surface area contributed by atoms with Crippen LogP contribution in [0.4, 0.5) is 4.39 Å². The minimum atomic E-state index is -0.648. The Hall–Kier alpha value is -3.56. The summed E-state index contributed by atoms with van der Waals surface area (Å²) in [7, 11) is 0. The molecule has 0 saturated carbocycles. The minimum absolute atomic E-state index is 0.0448. The van der Waals surface area contributed by atoms with Crippen LogP contribution in [0.25, 0.3) is 0 Å². The van der Waals surface area contributed by atoms with E-state index in [2.05, 4.69) is 5.32 Å². The SMILES string of the molecule is O=C(CCC(=O)c1cccs1)NCCC(=O)OCc1cc(F)cc2c1O[C@@H](c1ccccc1)OC2. The molecule has 0 unspecified atom stereocenters. The molecule has 9 heteroatoms. The van der Waals surface area contributed by atoms with Crippen molar-refractivity contribution >= 4 is 29.0 Å². The third kappa shape index (κ3) is 6.74. The highest BCUT2D eigenvalue weighted by Crippen LogP contribution is 2.36. The first-order valence-corrected chi connectivity index (χ1v) is 12.0. The highest BCUT2D eigenvalue weighted by atomic mass is 32.1. The van der Waals surface area contributed by atoms with Crippen molar-refractivity contribution in [3.05, 3.63) is 87.4 Å². The van der Waals surface area contributed by atoms with E-state index in [-0.39, 0.29) is 50.7 Å². The van der Waals surface area contributed by atoms with Crippen molar-refractivity contribution in [1.82, 2.24) is 5.32 Å². The van der Waals surface area contributed by atoms with Gasteiger partial charge in [-0.1, -0.05) is 36.4 Å². The minimum Gasteiger partial charge on any atom is -0.461 e. The van der Waals surface area contributed by atoms with Gasteiger partial charge >= 0.3 is 5.97 Å². The summed E-state index contributed by atoms with van der Waals surface area (Å²) in [6.45, 7) is 0.0604. The number of hydrogen-bond acceptors (Lipinski definition) is 7. The van der Waals surface area contributed by atoms with Gasteiger partial charge in [-0.05, 0) is 23.6 Å². The molecule has 7 nitrogen and oxygen atoms in total. The van der Waals surface area contributed by atoms with Crippen LogP contribution in [0.15, 0.2) is 60.0 Å². The standard InChI is InChI=1S/C26H24FNO6S/c27-20-13-18(25-19(14-20)16-33-26(34-25)17-5-2-1-3-6-17)15-32-24(31)10-11-28-23(30)9-8-21(29)22-7-4-12-35-22/h1-7,12-14,26H,8-11,15-16H2,(H,28,30)/t26-/m0/s1. The Morgan fingerprint density at radius 1 is 1.06 bits per heavy atom. The third-order valence-electron chi connectivity index (χ3n) is 5.31. The summed E-state index contributed by atoms with van der Waals surface area (Å²) in [5.74, 6) is -1.01. The molecule has 182 valence electrons. The van der Waals surface area contributed by atoms with Gasteiger partial charge in [-0.2, -0.15) is 0 Å². The van der Waals surface area contributed by atoms with Crippen LogP contribution in [0, 0.1) is 5.82 Å². The molecule has 0 fully saturated rings. The Bertz CT molecular complexity index is 1180. The van der Waals surface area contributed by atoms with Crippen molar-refractivity contribution in [2.45, 2.75) is 38.8 Å². The van der Waals surface area contributed by atoms with Gasteiger partial charge in [-0.25, -0.2) is 4.39 Å². The summed E-state index contributed by atoms with van der Waals surface area (Å²) in [5, 5.41) is 4.41. The van der Waals surface area contributed by atoms with E-state index in [1.54, 1.807) is 17.5 Å². The number of Topliss-reactive ketones (excluding diaryl/α,β-unsaturated/α-hetero) is 1. The Labute approximate surface area is 205 Å². The monoisotopic (exact) mass is 497 g/mol. The fourth-order valence-corrected chi connectivity index (χ4v) is 4.26. The number of ketones is 1. The molecule has 2 heterocycles. The average Bonchev–Trinajstić information content (AvgIpc) is 3.41. The molecule has 3 aromatic rings. The number of rotatable bonds is 10. The molecule has 1 aliphatic heterocycles. The zero-order chi connectivity index (χ0) is 24.6. The second-order valence-corrected chi connectivity index (χ2v) is 8.83. The van der Waals surface area contributed by atoms with E-state index >= 15 is 0 Å². The molecular weight excluding hydrogens is 473 g/mol. The van der Waals surface area contributed by atoms with Crippen molar-refractivity contribution in [3.8, 4) is 5.75 Å². The smallest absolute Gasteiger partial charge is 0.307 e. The van der Waals surface area contributed by atoms with Crippen LogP contribution in [-0.4, -0.2) is 24.2 Å². The fraction of sp³-hybridized carbons (Fsp3) is 0.269. The second kappa shape index (κ2) is 11.7. The molecule has 1 atom stereocenters. The van der Waals surface area contributed by atoms with Gasteiger partial charge in [0.05, 0.1) is 17.9 Å². The summed E-state index contributed by atoms with van der Waals surface area (Å²) >= 11 is 1.33. The summed E-state index contributed by atoms with van der Waals surface area (Å²) in [6.07, 6.45) is -0.553. The summed E-state index contributed by atoms with van der Waals surface area (Å²) < 4.78 is 31.0. The highest BCUT2D eigenvalue weighted by Gasteiger charge is 2.25. The first-order valence-electron chi connectivity index (χ1n) is 11.1. The third-order valence-corrected chi connectivity index (χ3v) is 6.22. The van der Waals surface area contributed by atoms with Crippen LogP contribution < -0.4 is 10.1 Å². The second-order valence-electron chi connectivity index (χ2n) is 7.89. The van der Waals surface area contributed by atoms with Crippen LogP contribution >= 0.6 is 11.3 Å². The zero-order valence-corrected chi connectivity index (χ0v) is 19.6. The zero-order valence-electron chi connectivity index (χ0n) is 18.8. The van der Waals surface area contributed by atoms with Gasteiger partial charge in [0.25, 0.3) is 0 Å². The highest BCUT2D eigenvalue weighted by molar-refractivity contribution is 7.12. The number of ether oxygens (including phenoxy) is 3. The normalized spacial score (nSPS) is 14.5. The van der Waals surface area contributed by atoms with Crippen LogP contribution in [0.3, 0.4) is 0 Å². The molecule has 0 bridgehead atoms. The maximum Gasteiger partial charge on any atom is 0.307 e. The topological polar surface area (TPSA) is 90.9 Å². The number of halogens is 1. The summed E-state index contributed by atoms with van der Waals surface area (Å²) in [5.41, 5.74) is 1.75. The Morgan fingerprint density at radius 2 is 1.89 bits per heavy atom. The van der Waals surface area contributed by atoms with Crippen LogP contribution in [-0.2, 0) is 32.3 Å². The van der Waals surface area contributed by atoms with Crippen molar-refractivity contribution in [1.29, 1.82) is 0 Å². The molecule has 1 amide bonds. The van der Waals surface area contributed by atoms with Crippen molar-refractivity contribution < 1.29 is 33.0 Å². The lowest BCUT2D eigenvalue weighted by Gasteiger charge is -2.28. The van der Waals surface area contributed by atoms with Gasteiger partial charge in [0.2, 0.25) is 12.2 Å². The quantitative estimate of drug-likeness (QED) is 0.322. The van der Waals surface area contributed by atoms with Crippen molar-refractivity contribution in [3.63, 3.8) is 0 Å². The molecule has 0 radical (unpaired) electrons. The summed E-state index contributed by atoms with van der Waals surface area (Å²) in [4.78, 5) is 36.7. The molecule has 0 aliphatic carbocycles. The van der Waals surface area contributed by atoms with Crippen LogP contribution in [0.2, 0.25) is 0 Å². The number of amides is 1. The first-order chi connectivity index (χ1) is 17.0. The Balaban J connectivity index is 1.24. The van der Waals surface area contributed by atoms with Gasteiger partial charge < -0.3 is 19.5 Å². The lowest BCUT2D eigenvalue weighted by molar-refractivity contribution is -0.145. The van der Waals surface area contributed by atoms with Gasteiger partial charge in [0, 0.05) is 36.1 Å². The summed E-state index contributed by atoms with van der Waals surface area (Å²) in [6, 6.07) is 15.5. The Morgan fingerprint density at radius 3 is 2.66 bits per heavy atom. The molecule has 35 heavy (non-hydrogen) atoms. The van der Waals surface area contributed by atoms with Gasteiger partial charge in [-0.3, -0.25) is 14.4 Å². The number of carbonyl (C=O) groups excluding carboxylic acids is 3. The van der Waals surface area contributed by atoms with E-state index in [1.165, 1.54) is 23.5 Å². The number of carbonyl (C=O) groups is 3. The molecule has 0 spiro atoms. The van der Waals surface area contributed by atoms with E-state index in [1.807, 2.05) is 30.3 Å². The predicted octanol–water partition coefficient (Wildman–Crippen LogP) is 4.71. The number of thiophene rings is 1. The number of benzene rings is 2. The van der Waals surface area contributed by atoms with E-state index < -0.39 is 18.1 Å². The van der Waals surface area contributed by atoms with E-state index in [9.17, 15) is 18.8 Å². The molecular formula is C26H24FNO6S. The molecule has 4 rings (SSSR count). The first kappa shape index (κ1) is 24.6. The van der Waals surface area contributed by atoms with E-state index in [4.69, 9.17) is 14.2 Å². The van der Waals surface area contributed by atoms with Crippen LogP contribution in [0.5, 0.6) is 5.75 Å². The maximum atomic E-state index is 14.1. The number of nitrogens with one attached hydrogen (secondary N) is 1. The predicted molar refractivity (Wildman–Crippen MR) is 126 cm³/mol. The molecule has 1 aliphatic rings. The van der Waals surface area contributed by atoms with Crippen molar-refractivity contribution in [2.75, 3.05) is 6.54 Å². The molecule has 0 saturated heterocycles. The van der Waals surface area contributed by atoms with E-state index in [0.717, 1.165) is 5.56 Å². The van der Waals surface area contributed by atoms with Gasteiger partial charge in [-0.15, -0.1) is 11.3 Å². The largest absolute Gasteiger partial charge is 0.461 e. The van der Waals surface area contributed by atoms with E-state index in [0.29, 0.717) is 21.8 Å². The average molecular weight is 498 g/mol. The fourth-order valence-electron chi connectivity index (χ4n) is 3.57. The molecule has 2 aromatic carbocycles.